The third kappa shape index (κ3) is 2.91. The summed E-state index contributed by atoms with van der Waals surface area (Å²) < 4.78 is 3.23. The van der Waals surface area contributed by atoms with E-state index in [0.717, 1.165) is 21.3 Å². The molecule has 0 radical (unpaired) electrons. The topological polar surface area (TPSA) is 81.3 Å². The van der Waals surface area contributed by atoms with Gasteiger partial charge in [-0.1, -0.05) is 12.1 Å². The molecule has 0 aliphatic carbocycles. The summed E-state index contributed by atoms with van der Waals surface area (Å²) in [5.41, 5.74) is 2.92. The van der Waals surface area contributed by atoms with E-state index in [-0.39, 0.29) is 11.5 Å². The molecule has 4 rings (SSSR count). The van der Waals surface area contributed by atoms with E-state index in [0.29, 0.717) is 29.3 Å². The van der Waals surface area contributed by atoms with Gasteiger partial charge in [0.05, 0.1) is 17.4 Å². The van der Waals surface area contributed by atoms with Crippen LogP contribution < -0.4 is 10.9 Å². The van der Waals surface area contributed by atoms with Crippen LogP contribution in [0.4, 0.5) is 0 Å². The SMILES string of the molecule is CCNC(=O)c1c(C)sc2nc(Cc3cccc4c3cnn4C)cc(=O)n12. The molecule has 0 aliphatic rings. The highest BCUT2D eigenvalue weighted by Crippen LogP contribution is 2.23. The monoisotopic (exact) mass is 381 g/mol. The predicted molar refractivity (Wildman–Crippen MR) is 106 cm³/mol. The first-order chi connectivity index (χ1) is 13.0. The fraction of sp³-hybridized carbons (Fsp3) is 0.263. The molecule has 1 aromatic carbocycles. The number of thiazole rings is 1. The molecule has 7 nitrogen and oxygen atoms in total. The standard InChI is InChI=1S/C19H19N5O2S/c1-4-20-18(26)17-11(2)27-19-22-13(9-16(25)24(17)19)8-12-6-5-7-15-14(12)10-21-23(15)3/h5-7,9-10H,4,8H2,1-3H3,(H,20,26). The highest BCUT2D eigenvalue weighted by Gasteiger charge is 2.19. The van der Waals surface area contributed by atoms with E-state index in [1.54, 1.807) is 0 Å². The molecule has 0 spiro atoms. The zero-order valence-corrected chi connectivity index (χ0v) is 16.1. The first-order valence-corrected chi connectivity index (χ1v) is 9.51. The maximum Gasteiger partial charge on any atom is 0.269 e. The normalized spacial score (nSPS) is 11.4. The van der Waals surface area contributed by atoms with E-state index in [1.807, 2.05) is 50.0 Å². The van der Waals surface area contributed by atoms with Gasteiger partial charge in [-0.2, -0.15) is 5.10 Å². The molecule has 3 aromatic heterocycles. The Hall–Kier alpha value is -3.00. The van der Waals surface area contributed by atoms with Crippen LogP contribution in [0.5, 0.6) is 0 Å². The van der Waals surface area contributed by atoms with Crippen LogP contribution in [0, 0.1) is 6.92 Å². The van der Waals surface area contributed by atoms with E-state index in [4.69, 9.17) is 0 Å². The van der Waals surface area contributed by atoms with E-state index in [1.165, 1.54) is 21.8 Å². The lowest BCUT2D eigenvalue weighted by molar-refractivity contribution is 0.0949. The zero-order chi connectivity index (χ0) is 19.1. The van der Waals surface area contributed by atoms with Crippen LogP contribution in [0.15, 0.2) is 35.3 Å². The van der Waals surface area contributed by atoms with Gasteiger partial charge in [0, 0.05) is 36.3 Å². The number of aromatic nitrogens is 4. The Labute approximate surface area is 159 Å². The Balaban J connectivity index is 1.80. The average molecular weight is 381 g/mol. The van der Waals surface area contributed by atoms with Crippen LogP contribution in [-0.2, 0) is 13.5 Å². The fourth-order valence-corrected chi connectivity index (χ4v) is 4.30. The van der Waals surface area contributed by atoms with Crippen molar-refractivity contribution >= 4 is 33.1 Å². The third-order valence-electron chi connectivity index (χ3n) is 4.55. The van der Waals surface area contributed by atoms with Crippen molar-refractivity contribution in [3.05, 3.63) is 62.6 Å². The molecule has 1 N–H and O–H groups in total. The van der Waals surface area contributed by atoms with Gasteiger partial charge >= 0.3 is 0 Å². The number of nitrogens with zero attached hydrogens (tertiary/aromatic N) is 4. The van der Waals surface area contributed by atoms with Crippen molar-refractivity contribution in [2.75, 3.05) is 6.54 Å². The molecular formula is C19H19N5O2S. The molecule has 0 saturated carbocycles. The van der Waals surface area contributed by atoms with E-state index >= 15 is 0 Å². The van der Waals surface area contributed by atoms with Crippen molar-refractivity contribution in [2.45, 2.75) is 20.3 Å². The van der Waals surface area contributed by atoms with Gasteiger partial charge in [0.1, 0.15) is 5.69 Å². The number of fused-ring (bicyclic) bond motifs is 2. The van der Waals surface area contributed by atoms with E-state index < -0.39 is 0 Å². The molecule has 138 valence electrons. The minimum Gasteiger partial charge on any atom is -0.351 e. The molecular weight excluding hydrogens is 362 g/mol. The Kier molecular flexibility index (Phi) is 4.27. The number of carbonyl (C=O) groups is 1. The highest BCUT2D eigenvalue weighted by molar-refractivity contribution is 7.17. The summed E-state index contributed by atoms with van der Waals surface area (Å²) in [7, 11) is 1.90. The number of amides is 1. The molecule has 0 atom stereocenters. The van der Waals surface area contributed by atoms with Crippen LogP contribution in [0.2, 0.25) is 0 Å². The summed E-state index contributed by atoms with van der Waals surface area (Å²) in [6, 6.07) is 7.52. The summed E-state index contributed by atoms with van der Waals surface area (Å²) in [5, 5.41) is 8.11. The molecule has 0 aliphatic heterocycles. The van der Waals surface area contributed by atoms with Gasteiger partial charge in [-0.05, 0) is 25.5 Å². The number of rotatable bonds is 4. The Morgan fingerprint density at radius 3 is 2.93 bits per heavy atom. The van der Waals surface area contributed by atoms with Gasteiger partial charge in [-0.25, -0.2) is 9.38 Å². The average Bonchev–Trinajstić information content (AvgIpc) is 3.16. The van der Waals surface area contributed by atoms with Crippen LogP contribution >= 0.6 is 11.3 Å². The van der Waals surface area contributed by atoms with Crippen LogP contribution in [0.25, 0.3) is 15.9 Å². The highest BCUT2D eigenvalue weighted by atomic mass is 32.1. The van der Waals surface area contributed by atoms with Crippen molar-refractivity contribution in [3.63, 3.8) is 0 Å². The van der Waals surface area contributed by atoms with Crippen molar-refractivity contribution < 1.29 is 4.79 Å². The van der Waals surface area contributed by atoms with Gasteiger partial charge in [0.15, 0.2) is 4.96 Å². The zero-order valence-electron chi connectivity index (χ0n) is 15.3. The first-order valence-electron chi connectivity index (χ1n) is 8.69. The quantitative estimate of drug-likeness (QED) is 0.588. The summed E-state index contributed by atoms with van der Waals surface area (Å²) in [6.07, 6.45) is 2.36. The molecule has 8 heteroatoms. The summed E-state index contributed by atoms with van der Waals surface area (Å²) in [4.78, 5) is 31.0. The van der Waals surface area contributed by atoms with Crippen LogP contribution in [0.3, 0.4) is 0 Å². The summed E-state index contributed by atoms with van der Waals surface area (Å²) in [6.45, 7) is 4.18. The third-order valence-corrected chi connectivity index (χ3v) is 5.50. The molecule has 4 aromatic rings. The minimum absolute atomic E-state index is 0.237. The Morgan fingerprint density at radius 2 is 2.15 bits per heavy atom. The van der Waals surface area contributed by atoms with E-state index in [9.17, 15) is 9.59 Å². The molecule has 0 bridgehead atoms. The van der Waals surface area contributed by atoms with Gasteiger partial charge in [0.25, 0.3) is 11.5 Å². The van der Waals surface area contributed by atoms with Crippen LogP contribution in [0.1, 0.15) is 33.5 Å². The van der Waals surface area contributed by atoms with Crippen molar-refractivity contribution in [1.82, 2.24) is 24.5 Å². The minimum atomic E-state index is -0.252. The lowest BCUT2D eigenvalue weighted by Crippen LogP contribution is -2.28. The van der Waals surface area contributed by atoms with Gasteiger partial charge in [-0.15, -0.1) is 11.3 Å². The molecule has 0 saturated heterocycles. The number of benzene rings is 1. The van der Waals surface area contributed by atoms with Crippen LogP contribution in [-0.4, -0.2) is 31.6 Å². The maximum absolute atomic E-state index is 12.7. The molecule has 27 heavy (non-hydrogen) atoms. The molecule has 0 unspecified atom stereocenters. The summed E-state index contributed by atoms with van der Waals surface area (Å²) >= 11 is 1.35. The summed E-state index contributed by atoms with van der Waals surface area (Å²) in [5.74, 6) is -0.252. The Bertz CT molecular complexity index is 1230. The largest absolute Gasteiger partial charge is 0.351 e. The van der Waals surface area contributed by atoms with Gasteiger partial charge in [0.2, 0.25) is 0 Å². The predicted octanol–water partition coefficient (Wildman–Crippen LogP) is 2.29. The number of hydrogen-bond acceptors (Lipinski definition) is 5. The number of hydrogen-bond donors (Lipinski definition) is 1. The maximum atomic E-state index is 12.7. The Morgan fingerprint density at radius 1 is 1.33 bits per heavy atom. The van der Waals surface area contributed by atoms with Crippen molar-refractivity contribution in [2.24, 2.45) is 7.05 Å². The van der Waals surface area contributed by atoms with E-state index in [2.05, 4.69) is 15.4 Å². The molecule has 3 heterocycles. The van der Waals surface area contributed by atoms with Crippen molar-refractivity contribution in [3.8, 4) is 0 Å². The smallest absolute Gasteiger partial charge is 0.269 e. The van der Waals surface area contributed by atoms with Gasteiger partial charge in [-0.3, -0.25) is 14.3 Å². The fourth-order valence-electron chi connectivity index (χ4n) is 3.31. The van der Waals surface area contributed by atoms with Gasteiger partial charge < -0.3 is 5.32 Å². The first kappa shape index (κ1) is 17.4. The molecule has 0 fully saturated rings. The lowest BCUT2D eigenvalue weighted by Gasteiger charge is -2.05. The number of carbonyl (C=O) groups excluding carboxylic acids is 1. The second-order valence-electron chi connectivity index (χ2n) is 6.36. The number of nitrogens with one attached hydrogen (secondary N) is 1. The second-order valence-corrected chi connectivity index (χ2v) is 7.55. The second kappa shape index (κ2) is 6.62. The molecule has 1 amide bonds. The number of aryl methyl sites for hydroxylation is 2. The lowest BCUT2D eigenvalue weighted by atomic mass is 10.1. The van der Waals surface area contributed by atoms with Crippen molar-refractivity contribution in [1.29, 1.82) is 0 Å².